The topological polar surface area (TPSA) is 28.5 Å². The van der Waals surface area contributed by atoms with Crippen LogP contribution >= 0.6 is 11.3 Å². The maximum absolute atomic E-state index is 4.23. The number of hydrogen-bond acceptors (Lipinski definition) is 4. The molecule has 0 aliphatic heterocycles. The number of aromatic nitrogens is 1. The maximum Gasteiger partial charge on any atom is 0.136 e. The molecule has 0 aliphatic rings. The number of hydrogen-bond donors (Lipinski definition) is 0. The SMILES string of the molecule is Cc1csc(/C=N\N(C)C)n1. The van der Waals surface area contributed by atoms with E-state index in [-0.39, 0.29) is 0 Å². The monoisotopic (exact) mass is 169 g/mol. The number of nitrogens with zero attached hydrogens (tertiary/aromatic N) is 3. The molecule has 3 nitrogen and oxygen atoms in total. The zero-order valence-corrected chi connectivity index (χ0v) is 7.72. The first kappa shape index (κ1) is 8.20. The Bertz CT molecular complexity index is 252. The van der Waals surface area contributed by atoms with E-state index in [9.17, 15) is 0 Å². The quantitative estimate of drug-likeness (QED) is 0.494. The highest BCUT2D eigenvalue weighted by Gasteiger charge is 1.92. The molecule has 1 rings (SSSR count). The minimum absolute atomic E-state index is 0.955. The Morgan fingerprint density at radius 3 is 2.82 bits per heavy atom. The van der Waals surface area contributed by atoms with Gasteiger partial charge in [-0.2, -0.15) is 5.10 Å². The van der Waals surface area contributed by atoms with Crippen LogP contribution in [-0.2, 0) is 0 Å². The molecular formula is C7H11N3S. The molecule has 11 heavy (non-hydrogen) atoms. The summed E-state index contributed by atoms with van der Waals surface area (Å²) in [5.74, 6) is 0. The summed E-state index contributed by atoms with van der Waals surface area (Å²) in [4.78, 5) is 4.23. The van der Waals surface area contributed by atoms with Gasteiger partial charge in [-0.05, 0) is 6.92 Å². The van der Waals surface area contributed by atoms with Gasteiger partial charge in [0.1, 0.15) is 5.01 Å². The Morgan fingerprint density at radius 1 is 1.64 bits per heavy atom. The normalized spacial score (nSPS) is 10.8. The third-order valence-corrected chi connectivity index (χ3v) is 1.93. The van der Waals surface area contributed by atoms with Crippen molar-refractivity contribution in [3.8, 4) is 0 Å². The fourth-order valence-electron chi connectivity index (χ4n) is 0.596. The summed E-state index contributed by atoms with van der Waals surface area (Å²) < 4.78 is 0. The van der Waals surface area contributed by atoms with Crippen molar-refractivity contribution >= 4 is 17.6 Å². The van der Waals surface area contributed by atoms with Gasteiger partial charge in [0.15, 0.2) is 0 Å². The lowest BCUT2D eigenvalue weighted by molar-refractivity contribution is 0.440. The van der Waals surface area contributed by atoms with Gasteiger partial charge in [0, 0.05) is 25.2 Å². The molecule has 4 heteroatoms. The summed E-state index contributed by atoms with van der Waals surface area (Å²) in [6.07, 6.45) is 1.76. The molecule has 0 spiro atoms. The van der Waals surface area contributed by atoms with E-state index in [0.29, 0.717) is 0 Å². The van der Waals surface area contributed by atoms with Crippen LogP contribution in [0.4, 0.5) is 0 Å². The number of hydrazone groups is 1. The smallest absolute Gasteiger partial charge is 0.136 e. The van der Waals surface area contributed by atoms with Crippen molar-refractivity contribution in [3.05, 3.63) is 16.1 Å². The zero-order chi connectivity index (χ0) is 8.27. The molecule has 1 aromatic heterocycles. The maximum atomic E-state index is 4.23. The van der Waals surface area contributed by atoms with Crippen LogP contribution in [0, 0.1) is 6.92 Å². The second kappa shape index (κ2) is 3.48. The van der Waals surface area contributed by atoms with E-state index in [1.165, 1.54) is 0 Å². The molecule has 0 unspecified atom stereocenters. The van der Waals surface area contributed by atoms with Crippen LogP contribution in [0.25, 0.3) is 0 Å². The summed E-state index contributed by atoms with van der Waals surface area (Å²) in [6.45, 7) is 1.98. The zero-order valence-electron chi connectivity index (χ0n) is 6.90. The Balaban J connectivity index is 2.64. The Kier molecular flexibility index (Phi) is 2.59. The van der Waals surface area contributed by atoms with Gasteiger partial charge in [-0.25, -0.2) is 4.98 Å². The van der Waals surface area contributed by atoms with E-state index in [1.807, 2.05) is 26.4 Å². The molecule has 0 radical (unpaired) electrons. The van der Waals surface area contributed by atoms with Gasteiger partial charge >= 0.3 is 0 Å². The van der Waals surface area contributed by atoms with Gasteiger partial charge in [-0.3, -0.25) is 0 Å². The average Bonchev–Trinajstić information content (AvgIpc) is 2.31. The third-order valence-electron chi connectivity index (χ3n) is 1.04. The lowest BCUT2D eigenvalue weighted by atomic mass is 10.6. The van der Waals surface area contributed by atoms with Gasteiger partial charge in [0.2, 0.25) is 0 Å². The molecule has 0 saturated carbocycles. The fourth-order valence-corrected chi connectivity index (χ4v) is 1.25. The lowest BCUT2D eigenvalue weighted by Crippen LogP contribution is -2.01. The van der Waals surface area contributed by atoms with Crippen molar-refractivity contribution in [1.29, 1.82) is 0 Å². The van der Waals surface area contributed by atoms with Gasteiger partial charge in [-0.15, -0.1) is 11.3 Å². The van der Waals surface area contributed by atoms with Gasteiger partial charge in [0.05, 0.1) is 6.21 Å². The van der Waals surface area contributed by atoms with Crippen molar-refractivity contribution in [2.24, 2.45) is 5.10 Å². The molecule has 1 heterocycles. The first-order valence-electron chi connectivity index (χ1n) is 3.32. The summed E-state index contributed by atoms with van der Waals surface area (Å²) in [6, 6.07) is 0. The highest BCUT2D eigenvalue weighted by atomic mass is 32.1. The van der Waals surface area contributed by atoms with E-state index in [0.717, 1.165) is 10.7 Å². The molecule has 0 amide bonds. The third kappa shape index (κ3) is 2.67. The van der Waals surface area contributed by atoms with Crippen LogP contribution in [0.15, 0.2) is 10.5 Å². The van der Waals surface area contributed by atoms with Crippen molar-refractivity contribution in [3.63, 3.8) is 0 Å². The van der Waals surface area contributed by atoms with Crippen LogP contribution in [-0.4, -0.2) is 30.3 Å². The molecule has 0 bridgehead atoms. The van der Waals surface area contributed by atoms with Gasteiger partial charge in [-0.1, -0.05) is 0 Å². The highest BCUT2D eigenvalue weighted by Crippen LogP contribution is 2.05. The van der Waals surface area contributed by atoms with Crippen LogP contribution in [0.5, 0.6) is 0 Å². The van der Waals surface area contributed by atoms with Crippen LogP contribution in [0.1, 0.15) is 10.7 Å². The molecule has 0 aliphatic carbocycles. The predicted octanol–water partition coefficient (Wildman–Crippen LogP) is 1.35. The van der Waals surface area contributed by atoms with Gasteiger partial charge < -0.3 is 5.01 Å². The standard InChI is InChI=1S/C7H11N3S/c1-6-5-11-7(9-6)4-8-10(2)3/h4-5H,1-3H3/b8-4-. The van der Waals surface area contributed by atoms with Crippen molar-refractivity contribution in [1.82, 2.24) is 9.99 Å². The lowest BCUT2D eigenvalue weighted by Gasteiger charge is -1.99. The molecule has 0 atom stereocenters. The summed E-state index contributed by atoms with van der Waals surface area (Å²) >= 11 is 1.60. The summed E-state index contributed by atoms with van der Waals surface area (Å²) in [5, 5.41) is 8.78. The largest absolute Gasteiger partial charge is 0.303 e. The Hall–Kier alpha value is -0.900. The van der Waals surface area contributed by atoms with Gasteiger partial charge in [0.25, 0.3) is 0 Å². The van der Waals surface area contributed by atoms with E-state index in [2.05, 4.69) is 10.1 Å². The van der Waals surface area contributed by atoms with Crippen LogP contribution in [0.3, 0.4) is 0 Å². The van der Waals surface area contributed by atoms with Crippen LogP contribution < -0.4 is 0 Å². The molecule has 0 fully saturated rings. The molecule has 0 saturated heterocycles. The predicted molar refractivity (Wildman–Crippen MR) is 48.1 cm³/mol. The van der Waals surface area contributed by atoms with Crippen molar-refractivity contribution in [2.45, 2.75) is 6.92 Å². The van der Waals surface area contributed by atoms with Crippen LogP contribution in [0.2, 0.25) is 0 Å². The Morgan fingerprint density at radius 2 is 2.36 bits per heavy atom. The van der Waals surface area contributed by atoms with E-state index in [4.69, 9.17) is 0 Å². The average molecular weight is 169 g/mol. The number of thiazole rings is 1. The Labute approximate surface area is 70.4 Å². The molecule has 0 N–H and O–H groups in total. The molecule has 60 valence electrons. The number of rotatable bonds is 2. The van der Waals surface area contributed by atoms with Crippen molar-refractivity contribution in [2.75, 3.05) is 14.1 Å². The van der Waals surface area contributed by atoms with E-state index < -0.39 is 0 Å². The van der Waals surface area contributed by atoms with E-state index >= 15 is 0 Å². The first-order valence-corrected chi connectivity index (χ1v) is 4.20. The molecular weight excluding hydrogens is 158 g/mol. The second-order valence-electron chi connectivity index (χ2n) is 2.42. The minimum atomic E-state index is 0.955. The first-order chi connectivity index (χ1) is 5.18. The summed E-state index contributed by atoms with van der Waals surface area (Å²) in [5.41, 5.74) is 1.05. The fraction of sp³-hybridized carbons (Fsp3) is 0.429. The highest BCUT2D eigenvalue weighted by molar-refractivity contribution is 7.11. The minimum Gasteiger partial charge on any atom is -0.303 e. The second-order valence-corrected chi connectivity index (χ2v) is 3.31. The summed E-state index contributed by atoms with van der Waals surface area (Å²) in [7, 11) is 3.77. The van der Waals surface area contributed by atoms with Crippen molar-refractivity contribution < 1.29 is 0 Å². The molecule has 0 aromatic carbocycles. The molecule has 1 aromatic rings. The number of aryl methyl sites for hydroxylation is 1. The van der Waals surface area contributed by atoms with E-state index in [1.54, 1.807) is 22.6 Å².